The second-order valence-electron chi connectivity index (χ2n) is 2.89. The molecule has 0 aromatic carbocycles. The molecule has 0 aliphatic rings. The summed E-state index contributed by atoms with van der Waals surface area (Å²) in [6.45, 7) is 0.690. The van der Waals surface area contributed by atoms with Gasteiger partial charge in [0.1, 0.15) is 11.6 Å². The molecular formula is C9H9ClN4S. The van der Waals surface area contributed by atoms with Crippen molar-refractivity contribution in [2.75, 3.05) is 11.1 Å². The van der Waals surface area contributed by atoms with Crippen molar-refractivity contribution in [1.82, 2.24) is 9.97 Å². The molecule has 0 aliphatic carbocycles. The van der Waals surface area contributed by atoms with Crippen molar-refractivity contribution in [2.24, 2.45) is 0 Å². The Balaban J connectivity index is 1.96. The van der Waals surface area contributed by atoms with E-state index in [4.69, 9.17) is 17.3 Å². The van der Waals surface area contributed by atoms with Crippen LogP contribution in [0.5, 0.6) is 0 Å². The first-order valence-corrected chi connectivity index (χ1v) is 5.49. The monoisotopic (exact) mass is 240 g/mol. The number of nitrogen functional groups attached to an aromatic ring is 1. The summed E-state index contributed by atoms with van der Waals surface area (Å²) in [4.78, 5) is 9.15. The Bertz CT molecular complexity index is 440. The van der Waals surface area contributed by atoms with Gasteiger partial charge in [0.15, 0.2) is 0 Å². The van der Waals surface area contributed by atoms with Gasteiger partial charge < -0.3 is 11.1 Å². The predicted molar refractivity (Wildman–Crippen MR) is 63.1 cm³/mol. The molecule has 2 aromatic rings. The summed E-state index contributed by atoms with van der Waals surface area (Å²) >= 11 is 7.35. The van der Waals surface area contributed by atoms with Crippen molar-refractivity contribution < 1.29 is 0 Å². The third-order valence-electron chi connectivity index (χ3n) is 1.74. The van der Waals surface area contributed by atoms with E-state index >= 15 is 0 Å². The van der Waals surface area contributed by atoms with Crippen LogP contribution in [0, 0.1) is 0 Å². The van der Waals surface area contributed by atoms with Crippen LogP contribution in [-0.4, -0.2) is 9.97 Å². The normalized spacial score (nSPS) is 10.2. The zero-order valence-corrected chi connectivity index (χ0v) is 9.35. The number of thiophene rings is 1. The Kier molecular flexibility index (Phi) is 3.03. The SMILES string of the molecule is Nc1cnc(NCc2ccc(Cl)s2)cn1. The number of halogens is 1. The second-order valence-corrected chi connectivity index (χ2v) is 4.69. The molecule has 6 heteroatoms. The van der Waals surface area contributed by atoms with Gasteiger partial charge in [0, 0.05) is 4.88 Å². The molecule has 0 radical (unpaired) electrons. The molecule has 2 rings (SSSR count). The van der Waals surface area contributed by atoms with Gasteiger partial charge in [-0.05, 0) is 12.1 Å². The highest BCUT2D eigenvalue weighted by molar-refractivity contribution is 7.16. The molecule has 3 N–H and O–H groups in total. The van der Waals surface area contributed by atoms with E-state index < -0.39 is 0 Å². The van der Waals surface area contributed by atoms with Gasteiger partial charge in [0.05, 0.1) is 23.3 Å². The molecular weight excluding hydrogens is 232 g/mol. The van der Waals surface area contributed by atoms with Gasteiger partial charge in [0.2, 0.25) is 0 Å². The molecule has 0 saturated carbocycles. The van der Waals surface area contributed by atoms with Crippen LogP contribution in [0.25, 0.3) is 0 Å². The van der Waals surface area contributed by atoms with E-state index in [0.717, 1.165) is 9.21 Å². The molecule has 15 heavy (non-hydrogen) atoms. The highest BCUT2D eigenvalue weighted by Crippen LogP contribution is 2.21. The van der Waals surface area contributed by atoms with Gasteiger partial charge in [-0.25, -0.2) is 9.97 Å². The molecule has 0 spiro atoms. The minimum atomic E-state index is 0.416. The van der Waals surface area contributed by atoms with Crippen molar-refractivity contribution in [3.8, 4) is 0 Å². The molecule has 2 aromatic heterocycles. The molecule has 0 fully saturated rings. The standard InChI is InChI=1S/C9H9ClN4S/c10-7-2-1-6(15-7)3-13-9-5-12-8(11)4-14-9/h1-2,4-5H,3H2,(H2,11,12)(H,13,14). The van der Waals surface area contributed by atoms with Gasteiger partial charge >= 0.3 is 0 Å². The van der Waals surface area contributed by atoms with Gasteiger partial charge in [-0.2, -0.15) is 0 Å². The third kappa shape index (κ3) is 2.81. The Hall–Kier alpha value is -1.33. The highest BCUT2D eigenvalue weighted by Gasteiger charge is 1.98. The minimum absolute atomic E-state index is 0.416. The summed E-state index contributed by atoms with van der Waals surface area (Å²) in [5.74, 6) is 1.12. The average Bonchev–Trinajstić information content (AvgIpc) is 2.64. The summed E-state index contributed by atoms with van der Waals surface area (Å²) in [6, 6.07) is 3.85. The molecule has 0 unspecified atom stereocenters. The Morgan fingerprint density at radius 1 is 1.33 bits per heavy atom. The Morgan fingerprint density at radius 3 is 2.80 bits per heavy atom. The fraction of sp³-hybridized carbons (Fsp3) is 0.111. The van der Waals surface area contributed by atoms with Crippen LogP contribution in [0.2, 0.25) is 4.34 Å². The highest BCUT2D eigenvalue weighted by atomic mass is 35.5. The fourth-order valence-corrected chi connectivity index (χ4v) is 2.08. The van der Waals surface area contributed by atoms with Crippen LogP contribution < -0.4 is 11.1 Å². The topological polar surface area (TPSA) is 63.8 Å². The number of hydrogen-bond acceptors (Lipinski definition) is 5. The summed E-state index contributed by atoms with van der Waals surface area (Å²) in [6.07, 6.45) is 3.12. The molecule has 0 aliphatic heterocycles. The Morgan fingerprint density at radius 2 is 2.20 bits per heavy atom. The summed E-state index contributed by atoms with van der Waals surface area (Å²) in [7, 11) is 0. The van der Waals surface area contributed by atoms with E-state index in [1.54, 1.807) is 17.5 Å². The van der Waals surface area contributed by atoms with Gasteiger partial charge in [-0.1, -0.05) is 11.6 Å². The van der Waals surface area contributed by atoms with Crippen molar-refractivity contribution >= 4 is 34.6 Å². The lowest BCUT2D eigenvalue weighted by molar-refractivity contribution is 1.11. The van der Waals surface area contributed by atoms with Crippen molar-refractivity contribution in [2.45, 2.75) is 6.54 Å². The number of aromatic nitrogens is 2. The number of anilines is 2. The minimum Gasteiger partial charge on any atom is -0.382 e. The van der Waals surface area contributed by atoms with Crippen molar-refractivity contribution in [3.63, 3.8) is 0 Å². The summed E-state index contributed by atoms with van der Waals surface area (Å²) in [5.41, 5.74) is 5.42. The molecule has 2 heterocycles. The van der Waals surface area contributed by atoms with Gasteiger partial charge in [0.25, 0.3) is 0 Å². The second kappa shape index (κ2) is 4.46. The number of nitrogens with zero attached hydrogens (tertiary/aromatic N) is 2. The molecule has 0 atom stereocenters. The van der Waals surface area contributed by atoms with Crippen LogP contribution >= 0.6 is 22.9 Å². The molecule has 0 saturated heterocycles. The number of hydrogen-bond donors (Lipinski definition) is 2. The Labute approximate surface area is 96.1 Å². The quantitative estimate of drug-likeness (QED) is 0.865. The van der Waals surface area contributed by atoms with E-state index in [1.165, 1.54) is 6.20 Å². The van der Waals surface area contributed by atoms with Crippen LogP contribution in [0.4, 0.5) is 11.6 Å². The zero-order valence-electron chi connectivity index (χ0n) is 7.77. The van der Waals surface area contributed by atoms with Gasteiger partial charge in [-0.3, -0.25) is 0 Å². The summed E-state index contributed by atoms with van der Waals surface area (Å²) in [5, 5.41) is 3.12. The van der Waals surface area contributed by atoms with E-state index in [0.29, 0.717) is 18.2 Å². The lowest BCUT2D eigenvalue weighted by Gasteiger charge is -2.02. The molecule has 4 nitrogen and oxygen atoms in total. The van der Waals surface area contributed by atoms with E-state index in [2.05, 4.69) is 15.3 Å². The number of rotatable bonds is 3. The molecule has 0 bridgehead atoms. The number of nitrogens with one attached hydrogen (secondary N) is 1. The molecule has 78 valence electrons. The average molecular weight is 241 g/mol. The first-order chi connectivity index (χ1) is 7.24. The van der Waals surface area contributed by atoms with Crippen LogP contribution in [0.15, 0.2) is 24.5 Å². The first kappa shape index (κ1) is 10.2. The largest absolute Gasteiger partial charge is 0.382 e. The van der Waals surface area contributed by atoms with Gasteiger partial charge in [-0.15, -0.1) is 11.3 Å². The maximum absolute atomic E-state index is 5.81. The van der Waals surface area contributed by atoms with Crippen LogP contribution in [0.3, 0.4) is 0 Å². The van der Waals surface area contributed by atoms with Crippen LogP contribution in [-0.2, 0) is 6.54 Å². The predicted octanol–water partition coefficient (Wildman–Crippen LogP) is 2.39. The van der Waals surface area contributed by atoms with Crippen molar-refractivity contribution in [3.05, 3.63) is 33.7 Å². The first-order valence-electron chi connectivity index (χ1n) is 4.29. The lowest BCUT2D eigenvalue weighted by atomic mass is 10.4. The van der Waals surface area contributed by atoms with Crippen molar-refractivity contribution in [1.29, 1.82) is 0 Å². The number of nitrogens with two attached hydrogens (primary N) is 1. The molecule has 0 amide bonds. The zero-order chi connectivity index (χ0) is 10.7. The lowest BCUT2D eigenvalue weighted by Crippen LogP contribution is -2.01. The third-order valence-corrected chi connectivity index (χ3v) is 2.98. The smallest absolute Gasteiger partial charge is 0.144 e. The fourth-order valence-electron chi connectivity index (χ4n) is 1.05. The maximum atomic E-state index is 5.81. The van der Waals surface area contributed by atoms with E-state index in [1.807, 2.05) is 12.1 Å². The van der Waals surface area contributed by atoms with E-state index in [-0.39, 0.29) is 0 Å². The van der Waals surface area contributed by atoms with E-state index in [9.17, 15) is 0 Å². The van der Waals surface area contributed by atoms with Crippen LogP contribution in [0.1, 0.15) is 4.88 Å². The maximum Gasteiger partial charge on any atom is 0.144 e. The summed E-state index contributed by atoms with van der Waals surface area (Å²) < 4.78 is 0.787.